The van der Waals surface area contributed by atoms with Crippen molar-refractivity contribution in [3.05, 3.63) is 65.7 Å². The Kier molecular flexibility index (Phi) is 4.11. The highest BCUT2D eigenvalue weighted by molar-refractivity contribution is 7.92. The largest absolute Gasteiger partial charge is 0.277 e. The summed E-state index contributed by atoms with van der Waals surface area (Å²) in [4.78, 5) is 4.21. The van der Waals surface area contributed by atoms with E-state index in [0.717, 1.165) is 16.7 Å². The van der Waals surface area contributed by atoms with E-state index in [1.807, 2.05) is 25.1 Å². The number of rotatable bonds is 4. The van der Waals surface area contributed by atoms with E-state index in [2.05, 4.69) is 14.8 Å². The van der Waals surface area contributed by atoms with Gasteiger partial charge in [0.1, 0.15) is 12.7 Å². The molecule has 1 aromatic heterocycles. The summed E-state index contributed by atoms with van der Waals surface area (Å²) in [6.45, 7) is 5.56. The molecule has 0 amide bonds. The van der Waals surface area contributed by atoms with Crippen molar-refractivity contribution in [1.82, 2.24) is 14.8 Å². The van der Waals surface area contributed by atoms with Crippen LogP contribution in [0.25, 0.3) is 5.69 Å². The smallest absolute Gasteiger partial charge is 0.262 e. The molecule has 1 heterocycles. The zero-order valence-corrected chi connectivity index (χ0v) is 14.5. The van der Waals surface area contributed by atoms with Crippen LogP contribution in [-0.2, 0) is 10.0 Å². The van der Waals surface area contributed by atoms with Crippen molar-refractivity contribution in [2.45, 2.75) is 25.7 Å². The molecule has 0 fully saturated rings. The highest BCUT2D eigenvalue weighted by Gasteiger charge is 2.21. The van der Waals surface area contributed by atoms with Gasteiger partial charge in [-0.3, -0.25) is 4.72 Å². The second-order valence-electron chi connectivity index (χ2n) is 5.69. The maximum absolute atomic E-state index is 12.9. The molecule has 3 aromatic rings. The van der Waals surface area contributed by atoms with Gasteiger partial charge in [-0.25, -0.2) is 18.1 Å². The quantitative estimate of drug-likeness (QED) is 0.791. The van der Waals surface area contributed by atoms with Crippen molar-refractivity contribution in [2.24, 2.45) is 0 Å². The van der Waals surface area contributed by atoms with E-state index in [1.54, 1.807) is 32.0 Å². The van der Waals surface area contributed by atoms with Gasteiger partial charge in [-0.2, -0.15) is 5.10 Å². The molecular formula is C17H18N4O2S. The molecule has 0 spiro atoms. The number of benzene rings is 2. The molecule has 0 aliphatic heterocycles. The van der Waals surface area contributed by atoms with Gasteiger partial charge in [0.15, 0.2) is 0 Å². The van der Waals surface area contributed by atoms with Crippen molar-refractivity contribution in [3.63, 3.8) is 0 Å². The lowest BCUT2D eigenvalue weighted by Crippen LogP contribution is -2.17. The normalized spacial score (nSPS) is 11.5. The zero-order chi connectivity index (χ0) is 17.3. The number of sulfonamides is 1. The van der Waals surface area contributed by atoms with E-state index in [1.165, 1.54) is 17.3 Å². The number of hydrogen-bond donors (Lipinski definition) is 1. The first kappa shape index (κ1) is 16.2. The van der Waals surface area contributed by atoms with Crippen LogP contribution in [0.5, 0.6) is 0 Å². The molecular weight excluding hydrogens is 324 g/mol. The number of anilines is 1. The van der Waals surface area contributed by atoms with E-state index in [4.69, 9.17) is 0 Å². The summed E-state index contributed by atoms with van der Waals surface area (Å²) in [7, 11) is -3.72. The number of para-hydroxylation sites is 2. The topological polar surface area (TPSA) is 76.9 Å². The molecule has 0 radical (unpaired) electrons. The Hall–Kier alpha value is -2.67. The minimum absolute atomic E-state index is 0.307. The van der Waals surface area contributed by atoms with Crippen molar-refractivity contribution < 1.29 is 8.42 Å². The van der Waals surface area contributed by atoms with Crippen LogP contribution in [0.2, 0.25) is 0 Å². The zero-order valence-electron chi connectivity index (χ0n) is 13.7. The molecule has 0 bridgehead atoms. The van der Waals surface area contributed by atoms with Gasteiger partial charge in [0.2, 0.25) is 0 Å². The van der Waals surface area contributed by atoms with Crippen LogP contribution in [0.3, 0.4) is 0 Å². The third kappa shape index (κ3) is 3.03. The number of aryl methyl sites for hydroxylation is 3. The first-order valence-corrected chi connectivity index (χ1v) is 8.91. The summed E-state index contributed by atoms with van der Waals surface area (Å²) in [5.74, 6) is 0. The minimum Gasteiger partial charge on any atom is -0.277 e. The molecule has 3 rings (SSSR count). The van der Waals surface area contributed by atoms with Crippen LogP contribution < -0.4 is 4.72 Å². The molecule has 0 unspecified atom stereocenters. The van der Waals surface area contributed by atoms with E-state index in [-0.39, 0.29) is 0 Å². The molecule has 0 saturated carbocycles. The average molecular weight is 342 g/mol. The minimum atomic E-state index is -3.72. The summed E-state index contributed by atoms with van der Waals surface area (Å²) in [6.07, 6.45) is 2.93. The molecule has 2 aromatic carbocycles. The van der Waals surface area contributed by atoms with Gasteiger partial charge in [0.25, 0.3) is 10.0 Å². The summed E-state index contributed by atoms with van der Waals surface area (Å²) >= 11 is 0. The molecule has 0 aliphatic rings. The summed E-state index contributed by atoms with van der Waals surface area (Å²) in [6, 6.07) is 10.8. The van der Waals surface area contributed by atoms with Gasteiger partial charge in [0.05, 0.1) is 16.3 Å². The van der Waals surface area contributed by atoms with Crippen LogP contribution >= 0.6 is 0 Å². The molecule has 6 nitrogen and oxygen atoms in total. The maximum atomic E-state index is 12.9. The predicted octanol–water partition coefficient (Wildman–Crippen LogP) is 2.99. The lowest BCUT2D eigenvalue weighted by Gasteiger charge is -2.16. The molecule has 0 saturated heterocycles. The van der Waals surface area contributed by atoms with Crippen molar-refractivity contribution in [3.8, 4) is 5.69 Å². The SMILES string of the molecule is Cc1cc(C)c(S(=O)(=O)Nc2ccccc2-n2cncn2)c(C)c1. The van der Waals surface area contributed by atoms with Crippen molar-refractivity contribution >= 4 is 15.7 Å². The Morgan fingerprint density at radius 1 is 1.04 bits per heavy atom. The fourth-order valence-electron chi connectivity index (χ4n) is 2.88. The summed E-state index contributed by atoms with van der Waals surface area (Å²) < 4.78 is 30.0. The highest BCUT2D eigenvalue weighted by Crippen LogP contribution is 2.26. The lowest BCUT2D eigenvalue weighted by molar-refractivity contribution is 0.600. The van der Waals surface area contributed by atoms with Crippen LogP contribution in [0.15, 0.2) is 53.9 Å². The Morgan fingerprint density at radius 3 is 2.33 bits per heavy atom. The van der Waals surface area contributed by atoms with E-state index in [9.17, 15) is 8.42 Å². The summed E-state index contributed by atoms with van der Waals surface area (Å²) in [5, 5.41) is 4.07. The standard InChI is InChI=1S/C17H18N4O2S/c1-12-8-13(2)17(14(3)9-12)24(22,23)20-15-6-4-5-7-16(15)21-11-18-10-19-21/h4-11,20H,1-3H3. The monoisotopic (exact) mass is 342 g/mol. The molecule has 0 aliphatic carbocycles. The summed E-state index contributed by atoms with van der Waals surface area (Å²) in [5.41, 5.74) is 3.53. The van der Waals surface area contributed by atoms with Gasteiger partial charge >= 0.3 is 0 Å². The number of hydrogen-bond acceptors (Lipinski definition) is 4. The molecule has 0 atom stereocenters. The molecule has 24 heavy (non-hydrogen) atoms. The lowest BCUT2D eigenvalue weighted by atomic mass is 10.1. The Morgan fingerprint density at radius 2 is 1.71 bits per heavy atom. The van der Waals surface area contributed by atoms with Crippen LogP contribution in [0.4, 0.5) is 5.69 Å². The van der Waals surface area contributed by atoms with E-state index >= 15 is 0 Å². The second-order valence-corrected chi connectivity index (χ2v) is 7.31. The maximum Gasteiger partial charge on any atom is 0.262 e. The van der Waals surface area contributed by atoms with Gasteiger partial charge in [-0.05, 0) is 44.0 Å². The van der Waals surface area contributed by atoms with Crippen LogP contribution in [0.1, 0.15) is 16.7 Å². The molecule has 1 N–H and O–H groups in total. The first-order chi connectivity index (χ1) is 11.4. The van der Waals surface area contributed by atoms with Crippen molar-refractivity contribution in [2.75, 3.05) is 4.72 Å². The molecule has 7 heteroatoms. The fourth-order valence-corrected chi connectivity index (χ4v) is 4.41. The van der Waals surface area contributed by atoms with Gasteiger partial charge in [-0.1, -0.05) is 29.8 Å². The van der Waals surface area contributed by atoms with E-state index in [0.29, 0.717) is 16.3 Å². The van der Waals surface area contributed by atoms with Gasteiger partial charge < -0.3 is 0 Å². The fraction of sp³-hybridized carbons (Fsp3) is 0.176. The third-order valence-electron chi connectivity index (χ3n) is 3.69. The first-order valence-electron chi connectivity index (χ1n) is 7.43. The Bertz CT molecular complexity index is 957. The Balaban J connectivity index is 2.06. The number of nitrogens with one attached hydrogen (secondary N) is 1. The van der Waals surface area contributed by atoms with Crippen LogP contribution in [-0.4, -0.2) is 23.2 Å². The van der Waals surface area contributed by atoms with Gasteiger partial charge in [0, 0.05) is 0 Å². The number of aromatic nitrogens is 3. The van der Waals surface area contributed by atoms with Gasteiger partial charge in [-0.15, -0.1) is 0 Å². The second kappa shape index (κ2) is 6.09. The highest BCUT2D eigenvalue weighted by atomic mass is 32.2. The number of nitrogens with zero attached hydrogens (tertiary/aromatic N) is 3. The third-order valence-corrected chi connectivity index (χ3v) is 5.36. The van der Waals surface area contributed by atoms with E-state index < -0.39 is 10.0 Å². The predicted molar refractivity (Wildman–Crippen MR) is 92.8 cm³/mol. The van der Waals surface area contributed by atoms with Crippen LogP contribution in [0, 0.1) is 20.8 Å². The average Bonchev–Trinajstić information content (AvgIpc) is 2.99. The molecule has 124 valence electrons. The van der Waals surface area contributed by atoms with Crippen molar-refractivity contribution in [1.29, 1.82) is 0 Å². The Labute approximate surface area is 141 Å².